The van der Waals surface area contributed by atoms with E-state index in [-0.39, 0.29) is 37.0 Å². The summed E-state index contributed by atoms with van der Waals surface area (Å²) in [6, 6.07) is 20.6. The zero-order valence-corrected chi connectivity index (χ0v) is 30.9. The number of amides is 3. The first-order valence-electron chi connectivity index (χ1n) is 17.8. The third-order valence-electron chi connectivity index (χ3n) is 9.50. The van der Waals surface area contributed by atoms with Gasteiger partial charge < -0.3 is 38.9 Å². The summed E-state index contributed by atoms with van der Waals surface area (Å²) < 4.78 is 22.8. The fraction of sp³-hybridized carbons (Fsp3) is 0.410. The lowest BCUT2D eigenvalue weighted by Gasteiger charge is -2.54. The quantitative estimate of drug-likeness (QED) is 0.0993. The van der Waals surface area contributed by atoms with Crippen LogP contribution in [-0.4, -0.2) is 83.5 Å². The van der Waals surface area contributed by atoms with Crippen LogP contribution in [0.25, 0.3) is 22.2 Å². The van der Waals surface area contributed by atoms with Gasteiger partial charge in [-0.15, -0.1) is 0 Å². The van der Waals surface area contributed by atoms with Crippen molar-refractivity contribution in [2.24, 2.45) is 12.5 Å². The molecule has 2 aromatic heterocycles. The summed E-state index contributed by atoms with van der Waals surface area (Å²) in [5.74, 6) is -1.27. The van der Waals surface area contributed by atoms with Crippen LogP contribution in [0.3, 0.4) is 0 Å². The zero-order valence-electron chi connectivity index (χ0n) is 30.9. The number of morpholine rings is 1. The minimum atomic E-state index is -1.15. The van der Waals surface area contributed by atoms with E-state index in [1.54, 1.807) is 19.2 Å². The number of hydrogen-bond donors (Lipinski definition) is 4. The molecule has 1 fully saturated rings. The highest BCUT2D eigenvalue weighted by Crippen LogP contribution is 2.47. The predicted octanol–water partition coefficient (Wildman–Crippen LogP) is 5.03. The van der Waals surface area contributed by atoms with Crippen LogP contribution in [0.2, 0.25) is 0 Å². The molecule has 1 aliphatic rings. The summed E-state index contributed by atoms with van der Waals surface area (Å²) in [5, 5.41) is 13.6. The highest BCUT2D eigenvalue weighted by molar-refractivity contribution is 5.99. The number of H-pyrrole nitrogens is 1. The van der Waals surface area contributed by atoms with E-state index in [0.29, 0.717) is 48.5 Å². The Morgan fingerprint density at radius 2 is 1.72 bits per heavy atom. The summed E-state index contributed by atoms with van der Waals surface area (Å²) in [6.07, 6.45) is 1.78. The standard InChI is InChI=1S/C27H35N3O4.C12H12N2O6/c1-26(2,3)27(21-13-14-22-23(18-21)34-25(32)29(22)4)19-33-17-16-30(27)24(31)28-15-9-8-12-20-10-6-5-7-11-20;15-9(6-19-4-3-13-11(16)17)7-1-2-8-10(5-7)20-12(18)14-8/h5-7,10-11,13-14,18H,8-9,12,15-17,19H2,1-4H3,(H,28,31);1-2,5,13H,3-4,6H2,(H,14,18)(H,16,17). The Bertz CT molecular complexity index is 2180. The minimum absolute atomic E-state index is 0.0902. The van der Waals surface area contributed by atoms with E-state index >= 15 is 0 Å². The molecular weight excluding hydrogens is 698 g/mol. The molecule has 3 aromatic carbocycles. The number of ether oxygens (including phenoxy) is 2. The second kappa shape index (κ2) is 17.4. The molecule has 1 atom stereocenters. The molecule has 288 valence electrons. The first-order valence-corrected chi connectivity index (χ1v) is 17.8. The third-order valence-corrected chi connectivity index (χ3v) is 9.50. The lowest BCUT2D eigenvalue weighted by Crippen LogP contribution is -2.64. The van der Waals surface area contributed by atoms with E-state index in [4.69, 9.17) is 23.4 Å². The number of hydrogen-bond acceptors (Lipinski definition) is 9. The van der Waals surface area contributed by atoms with Gasteiger partial charge in [-0.25, -0.2) is 19.2 Å². The van der Waals surface area contributed by atoms with Gasteiger partial charge in [-0.05, 0) is 66.1 Å². The van der Waals surface area contributed by atoms with Crippen LogP contribution in [0.15, 0.2) is 85.2 Å². The Hall–Kier alpha value is -5.67. The number of fused-ring (bicyclic) bond motifs is 2. The minimum Gasteiger partial charge on any atom is -0.465 e. The van der Waals surface area contributed by atoms with Gasteiger partial charge in [0.25, 0.3) is 0 Å². The average Bonchev–Trinajstić information content (AvgIpc) is 3.67. The van der Waals surface area contributed by atoms with Crippen LogP contribution in [0.1, 0.15) is 55.1 Å². The highest BCUT2D eigenvalue weighted by Gasteiger charge is 2.52. The van der Waals surface area contributed by atoms with Gasteiger partial charge >= 0.3 is 23.6 Å². The number of carboxylic acid groups (broad SMARTS) is 1. The number of aromatic amines is 1. The lowest BCUT2D eigenvalue weighted by atomic mass is 9.68. The van der Waals surface area contributed by atoms with Crippen molar-refractivity contribution in [1.29, 1.82) is 0 Å². The van der Waals surface area contributed by atoms with Crippen LogP contribution in [0, 0.1) is 5.41 Å². The Labute approximate surface area is 311 Å². The second-order valence-electron chi connectivity index (χ2n) is 14.0. The van der Waals surface area contributed by atoms with Crippen molar-refractivity contribution < 1.29 is 37.8 Å². The molecule has 3 amide bonds. The molecule has 6 rings (SSSR count). The molecular formula is C39H47N5O10. The first kappa shape index (κ1) is 39.5. The van der Waals surface area contributed by atoms with E-state index in [9.17, 15) is 24.0 Å². The Morgan fingerprint density at radius 1 is 0.944 bits per heavy atom. The molecule has 0 bridgehead atoms. The van der Waals surface area contributed by atoms with Crippen LogP contribution < -0.4 is 22.1 Å². The monoisotopic (exact) mass is 745 g/mol. The fourth-order valence-corrected chi connectivity index (χ4v) is 6.59. The van der Waals surface area contributed by atoms with Crippen LogP contribution in [0.5, 0.6) is 0 Å². The molecule has 0 spiro atoms. The zero-order chi connectivity index (χ0) is 38.9. The number of nitrogens with zero attached hydrogens (tertiary/aromatic N) is 2. The maximum Gasteiger partial charge on any atom is 0.419 e. The number of rotatable bonds is 12. The van der Waals surface area contributed by atoms with Gasteiger partial charge in [0.2, 0.25) is 0 Å². The molecule has 1 saturated heterocycles. The lowest BCUT2D eigenvalue weighted by molar-refractivity contribution is -0.102. The Balaban J connectivity index is 0.000000239. The largest absolute Gasteiger partial charge is 0.465 e. The molecule has 0 radical (unpaired) electrons. The van der Waals surface area contributed by atoms with Crippen molar-refractivity contribution in [2.75, 3.05) is 46.1 Å². The van der Waals surface area contributed by atoms with E-state index in [1.807, 2.05) is 29.2 Å². The van der Waals surface area contributed by atoms with Crippen LogP contribution in [-0.2, 0) is 28.5 Å². The molecule has 4 N–H and O–H groups in total. The number of nitrogens with one attached hydrogen (secondary N) is 3. The number of benzene rings is 3. The number of carbonyl (C=O) groups is 3. The van der Waals surface area contributed by atoms with Gasteiger partial charge in [0, 0.05) is 32.2 Å². The molecule has 0 aliphatic carbocycles. The number of carbonyl (C=O) groups excluding carboxylic acids is 2. The van der Waals surface area contributed by atoms with E-state index in [0.717, 1.165) is 30.3 Å². The SMILES string of the molecule is Cn1c(=O)oc2cc(C3(C(C)(C)C)COCCN3C(=O)NCCCCc3ccccc3)ccc21.O=C(O)NCCOCC(=O)c1ccc2[nH]c(=O)oc2c1. The summed E-state index contributed by atoms with van der Waals surface area (Å²) in [6.45, 7) is 8.35. The van der Waals surface area contributed by atoms with Gasteiger partial charge in [-0.3, -0.25) is 14.3 Å². The number of aryl methyl sites for hydroxylation is 2. The van der Waals surface area contributed by atoms with E-state index < -0.39 is 23.1 Å². The maximum absolute atomic E-state index is 13.5. The molecule has 3 heterocycles. The smallest absolute Gasteiger partial charge is 0.419 e. The van der Waals surface area contributed by atoms with Gasteiger partial charge in [0.05, 0.1) is 36.4 Å². The Kier molecular flexibility index (Phi) is 12.8. The van der Waals surface area contributed by atoms with Crippen LogP contribution in [0.4, 0.5) is 9.59 Å². The second-order valence-corrected chi connectivity index (χ2v) is 14.0. The van der Waals surface area contributed by atoms with Gasteiger partial charge in [-0.1, -0.05) is 57.2 Å². The topological polar surface area (TPSA) is 198 Å². The summed E-state index contributed by atoms with van der Waals surface area (Å²) >= 11 is 0. The summed E-state index contributed by atoms with van der Waals surface area (Å²) in [7, 11) is 1.69. The predicted molar refractivity (Wildman–Crippen MR) is 201 cm³/mol. The molecule has 1 aliphatic heterocycles. The average molecular weight is 746 g/mol. The molecule has 1 unspecified atom stereocenters. The van der Waals surface area contributed by atoms with Crippen molar-refractivity contribution in [1.82, 2.24) is 25.1 Å². The number of urea groups is 1. The number of Topliss-reactive ketones (excluding diaryl/α,β-unsaturated/α-hetero) is 1. The fourth-order valence-electron chi connectivity index (χ4n) is 6.59. The number of aromatic nitrogens is 2. The Morgan fingerprint density at radius 3 is 2.46 bits per heavy atom. The number of ketones is 1. The summed E-state index contributed by atoms with van der Waals surface area (Å²) in [4.78, 5) is 62.8. The first-order chi connectivity index (χ1) is 25.8. The molecule has 15 heteroatoms. The van der Waals surface area contributed by atoms with Crippen molar-refractivity contribution in [3.63, 3.8) is 0 Å². The van der Waals surface area contributed by atoms with Crippen molar-refractivity contribution >= 4 is 40.1 Å². The molecule has 0 saturated carbocycles. The maximum atomic E-state index is 13.5. The molecule has 54 heavy (non-hydrogen) atoms. The van der Waals surface area contributed by atoms with Gasteiger partial charge in [-0.2, -0.15) is 0 Å². The molecule has 15 nitrogen and oxygen atoms in total. The number of unbranched alkanes of at least 4 members (excludes halogenated alkanes) is 1. The van der Waals surface area contributed by atoms with Gasteiger partial charge in [0.1, 0.15) is 6.61 Å². The van der Waals surface area contributed by atoms with E-state index in [1.165, 1.54) is 16.2 Å². The number of oxazole rings is 2. The van der Waals surface area contributed by atoms with E-state index in [2.05, 4.69) is 60.7 Å². The van der Waals surface area contributed by atoms with Crippen molar-refractivity contribution in [3.8, 4) is 0 Å². The van der Waals surface area contributed by atoms with Crippen molar-refractivity contribution in [3.05, 3.63) is 105 Å². The normalized spacial score (nSPS) is 15.8. The van der Waals surface area contributed by atoms with Gasteiger partial charge in [0.15, 0.2) is 16.9 Å². The van der Waals surface area contributed by atoms with Crippen molar-refractivity contribution in [2.45, 2.75) is 45.6 Å². The highest BCUT2D eigenvalue weighted by atomic mass is 16.5. The third kappa shape index (κ3) is 9.27. The summed E-state index contributed by atoms with van der Waals surface area (Å²) in [5.41, 5.74) is 3.59. The molecule has 5 aromatic rings. The van der Waals surface area contributed by atoms with Crippen LogP contribution >= 0.6 is 0 Å².